The largest absolute Gasteiger partial charge is 0.368 e. The Labute approximate surface area is 187 Å². The van der Waals surface area contributed by atoms with Crippen molar-refractivity contribution in [3.63, 3.8) is 0 Å². The summed E-state index contributed by atoms with van der Waals surface area (Å²) < 4.78 is 27.6. The molecule has 3 aromatic carbocycles. The highest BCUT2D eigenvalue weighted by Gasteiger charge is 2.23. The van der Waals surface area contributed by atoms with Crippen molar-refractivity contribution in [2.75, 3.05) is 35.8 Å². The van der Waals surface area contributed by atoms with E-state index in [-0.39, 0.29) is 10.8 Å². The molecule has 0 atom stereocenters. The van der Waals surface area contributed by atoms with E-state index in [4.69, 9.17) is 11.6 Å². The Morgan fingerprint density at radius 1 is 0.806 bits per heavy atom. The van der Waals surface area contributed by atoms with E-state index in [1.165, 1.54) is 12.1 Å². The lowest BCUT2D eigenvalue weighted by Crippen LogP contribution is -2.48. The number of benzene rings is 3. The van der Waals surface area contributed by atoms with Gasteiger partial charge in [0.1, 0.15) is 0 Å². The molecule has 0 unspecified atom stereocenters. The van der Waals surface area contributed by atoms with E-state index in [9.17, 15) is 13.2 Å². The van der Waals surface area contributed by atoms with E-state index in [0.29, 0.717) is 29.4 Å². The molecule has 160 valence electrons. The molecular weight excluding hydrogens is 434 g/mol. The van der Waals surface area contributed by atoms with Crippen molar-refractivity contribution in [2.45, 2.75) is 4.90 Å². The summed E-state index contributed by atoms with van der Waals surface area (Å²) in [5, 5.41) is 0.696. The summed E-state index contributed by atoms with van der Waals surface area (Å²) >= 11 is 5.95. The van der Waals surface area contributed by atoms with Gasteiger partial charge >= 0.3 is 0 Å². The fraction of sp³-hybridized carbons (Fsp3) is 0.174. The van der Waals surface area contributed by atoms with Gasteiger partial charge in [-0.25, -0.2) is 8.42 Å². The number of nitrogens with one attached hydrogen (secondary N) is 1. The van der Waals surface area contributed by atoms with Gasteiger partial charge in [0.2, 0.25) is 0 Å². The number of piperazine rings is 1. The second kappa shape index (κ2) is 8.99. The average molecular weight is 456 g/mol. The number of para-hydroxylation sites is 1. The third kappa shape index (κ3) is 5.00. The highest BCUT2D eigenvalue weighted by atomic mass is 35.5. The number of hydrogen-bond donors (Lipinski definition) is 1. The van der Waals surface area contributed by atoms with Gasteiger partial charge in [-0.3, -0.25) is 9.52 Å². The minimum absolute atomic E-state index is 0.101. The zero-order chi connectivity index (χ0) is 21.8. The maximum atomic E-state index is 12.9. The average Bonchev–Trinajstić information content (AvgIpc) is 2.80. The van der Waals surface area contributed by atoms with E-state index in [0.717, 1.165) is 18.8 Å². The minimum atomic E-state index is -3.71. The molecule has 1 heterocycles. The van der Waals surface area contributed by atoms with Gasteiger partial charge < -0.3 is 9.80 Å². The van der Waals surface area contributed by atoms with Gasteiger partial charge in [-0.2, -0.15) is 0 Å². The van der Waals surface area contributed by atoms with Crippen LogP contribution in [0, 0.1) is 0 Å². The van der Waals surface area contributed by atoms with E-state index < -0.39 is 10.0 Å². The molecule has 0 spiro atoms. The molecule has 3 aromatic rings. The molecule has 1 aliphatic heterocycles. The van der Waals surface area contributed by atoms with Crippen molar-refractivity contribution in [2.24, 2.45) is 0 Å². The Morgan fingerprint density at radius 3 is 2.03 bits per heavy atom. The van der Waals surface area contributed by atoms with Crippen LogP contribution in [0.3, 0.4) is 0 Å². The van der Waals surface area contributed by atoms with Crippen LogP contribution in [0.25, 0.3) is 0 Å². The first kappa shape index (κ1) is 21.2. The quantitative estimate of drug-likeness (QED) is 0.628. The maximum absolute atomic E-state index is 12.9. The number of carbonyl (C=O) groups is 1. The summed E-state index contributed by atoms with van der Waals surface area (Å²) in [6.07, 6.45) is 0. The van der Waals surface area contributed by atoms with E-state index >= 15 is 0 Å². The Hall–Kier alpha value is -3.03. The summed E-state index contributed by atoms with van der Waals surface area (Å²) in [4.78, 5) is 17.0. The molecule has 1 amide bonds. The maximum Gasteiger partial charge on any atom is 0.261 e. The van der Waals surface area contributed by atoms with Crippen molar-refractivity contribution >= 4 is 38.9 Å². The molecule has 0 bridgehead atoms. The fourth-order valence-electron chi connectivity index (χ4n) is 3.50. The zero-order valence-electron chi connectivity index (χ0n) is 16.7. The van der Waals surface area contributed by atoms with Gasteiger partial charge in [0.15, 0.2) is 0 Å². The SMILES string of the molecule is O=C(c1ccc(S(=O)(=O)Nc2ccccc2)cc1)N1CCN(c2ccc(Cl)cc2)CC1. The second-order valence-electron chi connectivity index (χ2n) is 7.25. The first-order valence-corrected chi connectivity index (χ1v) is 11.8. The Morgan fingerprint density at radius 2 is 1.42 bits per heavy atom. The fourth-order valence-corrected chi connectivity index (χ4v) is 4.68. The topological polar surface area (TPSA) is 69.7 Å². The number of anilines is 2. The highest BCUT2D eigenvalue weighted by Crippen LogP contribution is 2.21. The summed E-state index contributed by atoms with van der Waals surface area (Å²) in [7, 11) is -3.71. The molecule has 6 nitrogen and oxygen atoms in total. The predicted molar refractivity (Wildman–Crippen MR) is 123 cm³/mol. The van der Waals surface area contributed by atoms with Crippen molar-refractivity contribution in [3.8, 4) is 0 Å². The van der Waals surface area contributed by atoms with Gasteiger partial charge in [-0.1, -0.05) is 29.8 Å². The van der Waals surface area contributed by atoms with E-state index in [1.54, 1.807) is 41.3 Å². The van der Waals surface area contributed by atoms with Crippen molar-refractivity contribution in [1.29, 1.82) is 0 Å². The van der Waals surface area contributed by atoms with Crippen LogP contribution in [0.2, 0.25) is 5.02 Å². The molecule has 1 N–H and O–H groups in total. The van der Waals surface area contributed by atoms with E-state index in [1.807, 2.05) is 30.3 Å². The summed E-state index contributed by atoms with van der Waals surface area (Å²) in [5.41, 5.74) is 2.04. The molecule has 4 rings (SSSR count). The van der Waals surface area contributed by atoms with Crippen LogP contribution in [0.5, 0.6) is 0 Å². The summed E-state index contributed by atoms with van der Waals surface area (Å²) in [6.45, 7) is 2.63. The third-order valence-corrected chi connectivity index (χ3v) is 6.85. The van der Waals surface area contributed by atoms with Crippen LogP contribution in [0.4, 0.5) is 11.4 Å². The van der Waals surface area contributed by atoms with Crippen LogP contribution in [0.1, 0.15) is 10.4 Å². The predicted octanol–water partition coefficient (Wildman–Crippen LogP) is 4.10. The molecule has 31 heavy (non-hydrogen) atoms. The van der Waals surface area contributed by atoms with Crippen LogP contribution in [-0.2, 0) is 10.0 Å². The summed E-state index contributed by atoms with van der Waals surface area (Å²) in [6, 6.07) is 22.4. The third-order valence-electron chi connectivity index (χ3n) is 5.20. The van der Waals surface area contributed by atoms with Crippen LogP contribution < -0.4 is 9.62 Å². The molecule has 1 aliphatic rings. The van der Waals surface area contributed by atoms with Gasteiger partial charge in [-0.15, -0.1) is 0 Å². The smallest absolute Gasteiger partial charge is 0.261 e. The first-order valence-electron chi connectivity index (χ1n) is 9.90. The number of sulfonamides is 1. The number of halogens is 1. The number of carbonyl (C=O) groups excluding carboxylic acids is 1. The van der Waals surface area contributed by atoms with Crippen molar-refractivity contribution < 1.29 is 13.2 Å². The van der Waals surface area contributed by atoms with Gasteiger partial charge in [-0.05, 0) is 60.7 Å². The molecule has 0 aromatic heterocycles. The van der Waals surface area contributed by atoms with Gasteiger partial charge in [0, 0.05) is 48.1 Å². The van der Waals surface area contributed by atoms with Gasteiger partial charge in [0.25, 0.3) is 15.9 Å². The number of rotatable bonds is 5. The highest BCUT2D eigenvalue weighted by molar-refractivity contribution is 7.92. The van der Waals surface area contributed by atoms with Crippen molar-refractivity contribution in [1.82, 2.24) is 4.90 Å². The number of nitrogens with zero attached hydrogens (tertiary/aromatic N) is 2. The molecule has 1 fully saturated rings. The number of amides is 1. The second-order valence-corrected chi connectivity index (χ2v) is 9.37. The first-order chi connectivity index (χ1) is 14.9. The molecular formula is C23H22ClN3O3S. The van der Waals surface area contributed by atoms with Gasteiger partial charge in [0.05, 0.1) is 4.90 Å². The lowest BCUT2D eigenvalue weighted by Gasteiger charge is -2.36. The minimum Gasteiger partial charge on any atom is -0.368 e. The number of hydrogen-bond acceptors (Lipinski definition) is 4. The van der Waals surface area contributed by atoms with Crippen LogP contribution >= 0.6 is 11.6 Å². The summed E-state index contributed by atoms with van der Waals surface area (Å²) in [5.74, 6) is -0.101. The van der Waals surface area contributed by atoms with E-state index in [2.05, 4.69) is 9.62 Å². The molecule has 1 saturated heterocycles. The molecule has 8 heteroatoms. The standard InChI is InChI=1S/C23H22ClN3O3S/c24-19-8-10-21(11-9-19)26-14-16-27(17-15-26)23(28)18-6-12-22(13-7-18)31(29,30)25-20-4-2-1-3-5-20/h1-13,25H,14-17H2. The Kier molecular flexibility index (Phi) is 6.15. The van der Waals surface area contributed by atoms with Crippen molar-refractivity contribution in [3.05, 3.63) is 89.4 Å². The van der Waals surface area contributed by atoms with Crippen LogP contribution in [-0.4, -0.2) is 45.4 Å². The lowest BCUT2D eigenvalue weighted by molar-refractivity contribution is 0.0746. The Balaban J connectivity index is 1.39. The monoisotopic (exact) mass is 455 g/mol. The lowest BCUT2D eigenvalue weighted by atomic mass is 10.1. The van der Waals surface area contributed by atoms with Crippen LogP contribution in [0.15, 0.2) is 83.8 Å². The molecule has 0 radical (unpaired) electrons. The zero-order valence-corrected chi connectivity index (χ0v) is 18.3. The normalized spacial score (nSPS) is 14.4. The molecule has 0 aliphatic carbocycles. The molecule has 0 saturated carbocycles. The Bertz CT molecular complexity index is 1140.